The van der Waals surface area contributed by atoms with Gasteiger partial charge in [0.1, 0.15) is 5.75 Å². The summed E-state index contributed by atoms with van der Waals surface area (Å²) < 4.78 is 32.4. The molecule has 0 unspecified atom stereocenters. The number of hydrogen-bond donors (Lipinski definition) is 1. The van der Waals surface area contributed by atoms with Crippen molar-refractivity contribution in [3.05, 3.63) is 48.0 Å². The van der Waals surface area contributed by atoms with Gasteiger partial charge in [-0.15, -0.1) is 0 Å². The van der Waals surface area contributed by atoms with Crippen molar-refractivity contribution in [1.29, 1.82) is 0 Å². The number of hydrogen-bond acceptors (Lipinski definition) is 4. The number of fused-ring (bicyclic) bond motifs is 2. The van der Waals surface area contributed by atoms with E-state index in [0.29, 0.717) is 41.4 Å². The lowest BCUT2D eigenvalue weighted by molar-refractivity contribution is 0.0988. The van der Waals surface area contributed by atoms with Gasteiger partial charge in [0.25, 0.3) is 5.91 Å². The number of nitrogens with zero attached hydrogens (tertiary/aromatic N) is 1. The van der Waals surface area contributed by atoms with Crippen molar-refractivity contribution in [3.63, 3.8) is 0 Å². The third-order valence-corrected chi connectivity index (χ3v) is 5.39. The summed E-state index contributed by atoms with van der Waals surface area (Å²) in [6, 6.07) is 12.1. The first kappa shape index (κ1) is 17.3. The highest BCUT2D eigenvalue weighted by atomic mass is 32.2. The molecule has 3 rings (SSSR count). The van der Waals surface area contributed by atoms with Crippen LogP contribution in [0, 0.1) is 0 Å². The van der Waals surface area contributed by atoms with E-state index in [1.165, 1.54) is 6.07 Å². The van der Waals surface area contributed by atoms with E-state index in [9.17, 15) is 13.2 Å². The number of amides is 1. The van der Waals surface area contributed by atoms with E-state index >= 15 is 0 Å². The fourth-order valence-electron chi connectivity index (χ4n) is 2.80. The van der Waals surface area contributed by atoms with Gasteiger partial charge in [-0.1, -0.05) is 19.1 Å². The van der Waals surface area contributed by atoms with Crippen LogP contribution in [0.3, 0.4) is 0 Å². The maximum absolute atomic E-state index is 12.9. The predicted molar refractivity (Wildman–Crippen MR) is 98.0 cm³/mol. The van der Waals surface area contributed by atoms with E-state index in [2.05, 4.69) is 4.72 Å². The van der Waals surface area contributed by atoms with Crippen molar-refractivity contribution in [1.82, 2.24) is 0 Å². The SMILES string of the molecule is CCCS(=O)(=O)Nc1ccc2c(c1)C(=O)N(CC)c1ccccc1O2. The second-order valence-electron chi connectivity index (χ2n) is 5.75. The molecule has 0 aliphatic carbocycles. The summed E-state index contributed by atoms with van der Waals surface area (Å²) in [5.41, 5.74) is 1.38. The summed E-state index contributed by atoms with van der Waals surface area (Å²) in [6.45, 7) is 4.15. The summed E-state index contributed by atoms with van der Waals surface area (Å²) in [4.78, 5) is 14.6. The maximum Gasteiger partial charge on any atom is 0.262 e. The van der Waals surface area contributed by atoms with Crippen molar-refractivity contribution in [2.75, 3.05) is 21.9 Å². The lowest BCUT2D eigenvalue weighted by Gasteiger charge is -2.19. The van der Waals surface area contributed by atoms with E-state index in [-0.39, 0.29) is 11.7 Å². The molecule has 1 aliphatic rings. The number of rotatable bonds is 5. The smallest absolute Gasteiger partial charge is 0.262 e. The quantitative estimate of drug-likeness (QED) is 0.884. The number of nitrogens with one attached hydrogen (secondary N) is 1. The molecule has 0 atom stereocenters. The molecule has 0 spiro atoms. The first-order chi connectivity index (χ1) is 11.9. The minimum absolute atomic E-state index is 0.0288. The standard InChI is InChI=1S/C18H20N2O4S/c1-3-11-25(22,23)19-13-9-10-16-14(12-13)18(21)20(4-2)15-7-5-6-8-17(15)24-16/h5-10,12,19H,3-4,11H2,1-2H3. The van der Waals surface area contributed by atoms with Crippen LogP contribution in [0.25, 0.3) is 0 Å². The van der Waals surface area contributed by atoms with Crippen LogP contribution < -0.4 is 14.4 Å². The summed E-state index contributed by atoms with van der Waals surface area (Å²) in [7, 11) is -3.43. The average Bonchev–Trinajstić information content (AvgIpc) is 2.68. The van der Waals surface area contributed by atoms with Crippen LogP contribution >= 0.6 is 0 Å². The van der Waals surface area contributed by atoms with Crippen molar-refractivity contribution < 1.29 is 17.9 Å². The van der Waals surface area contributed by atoms with Gasteiger partial charge in [0.2, 0.25) is 10.0 Å². The first-order valence-electron chi connectivity index (χ1n) is 8.18. The minimum Gasteiger partial charge on any atom is -0.454 e. The molecule has 0 aromatic heterocycles. The van der Waals surface area contributed by atoms with E-state index in [1.807, 2.05) is 25.1 Å². The van der Waals surface area contributed by atoms with Gasteiger partial charge in [-0.05, 0) is 43.7 Å². The van der Waals surface area contributed by atoms with Crippen LogP contribution in [0.5, 0.6) is 11.5 Å². The van der Waals surface area contributed by atoms with Gasteiger partial charge >= 0.3 is 0 Å². The molecule has 2 aromatic rings. The van der Waals surface area contributed by atoms with Crippen LogP contribution in [0.1, 0.15) is 30.6 Å². The second kappa shape index (κ2) is 6.76. The molecule has 0 bridgehead atoms. The molecule has 0 saturated carbocycles. The van der Waals surface area contributed by atoms with Crippen molar-refractivity contribution in [3.8, 4) is 11.5 Å². The third kappa shape index (κ3) is 3.46. The highest BCUT2D eigenvalue weighted by Gasteiger charge is 2.27. The van der Waals surface area contributed by atoms with Gasteiger partial charge in [-0.2, -0.15) is 0 Å². The monoisotopic (exact) mass is 360 g/mol. The highest BCUT2D eigenvalue weighted by molar-refractivity contribution is 7.92. The number of anilines is 2. The van der Waals surface area contributed by atoms with Crippen LogP contribution in [0.2, 0.25) is 0 Å². The molecule has 25 heavy (non-hydrogen) atoms. The Balaban J connectivity index is 2.03. The number of ether oxygens (including phenoxy) is 1. The number of sulfonamides is 1. The highest BCUT2D eigenvalue weighted by Crippen LogP contribution is 2.39. The fourth-order valence-corrected chi connectivity index (χ4v) is 3.93. The lowest BCUT2D eigenvalue weighted by Crippen LogP contribution is -2.29. The Hall–Kier alpha value is -2.54. The summed E-state index contributed by atoms with van der Waals surface area (Å²) >= 11 is 0. The average molecular weight is 360 g/mol. The largest absolute Gasteiger partial charge is 0.454 e. The number of carbonyl (C=O) groups is 1. The van der Waals surface area contributed by atoms with Crippen LogP contribution in [-0.4, -0.2) is 26.6 Å². The fraction of sp³-hybridized carbons (Fsp3) is 0.278. The Morgan fingerprint density at radius 3 is 2.56 bits per heavy atom. The van der Waals surface area contributed by atoms with Gasteiger partial charge in [-0.3, -0.25) is 9.52 Å². The Kier molecular flexibility index (Phi) is 4.67. The Morgan fingerprint density at radius 2 is 1.84 bits per heavy atom. The molecule has 132 valence electrons. The van der Waals surface area contributed by atoms with Crippen LogP contribution in [-0.2, 0) is 10.0 Å². The Bertz CT molecular complexity index is 909. The molecule has 0 radical (unpaired) electrons. The van der Waals surface area contributed by atoms with Crippen molar-refractivity contribution in [2.45, 2.75) is 20.3 Å². The van der Waals surface area contributed by atoms with Crippen molar-refractivity contribution >= 4 is 27.3 Å². The molecule has 1 amide bonds. The van der Waals surface area contributed by atoms with Gasteiger partial charge in [0.05, 0.1) is 17.0 Å². The van der Waals surface area contributed by atoms with E-state index in [0.717, 1.165) is 0 Å². The molecule has 0 fully saturated rings. The van der Waals surface area contributed by atoms with E-state index in [1.54, 1.807) is 30.0 Å². The summed E-state index contributed by atoms with van der Waals surface area (Å²) in [5, 5.41) is 0. The zero-order valence-electron chi connectivity index (χ0n) is 14.2. The number of para-hydroxylation sites is 2. The predicted octanol–water partition coefficient (Wildman–Crippen LogP) is 3.61. The second-order valence-corrected chi connectivity index (χ2v) is 7.59. The molecule has 0 saturated heterocycles. The summed E-state index contributed by atoms with van der Waals surface area (Å²) in [6.07, 6.45) is 0.515. The zero-order chi connectivity index (χ0) is 18.0. The topological polar surface area (TPSA) is 75.7 Å². The molecule has 6 nitrogen and oxygen atoms in total. The van der Waals surface area contributed by atoms with Crippen LogP contribution in [0.15, 0.2) is 42.5 Å². The molecule has 1 heterocycles. The Morgan fingerprint density at radius 1 is 1.08 bits per heavy atom. The zero-order valence-corrected chi connectivity index (χ0v) is 15.0. The molecule has 7 heteroatoms. The van der Waals surface area contributed by atoms with Gasteiger partial charge in [-0.25, -0.2) is 8.42 Å². The van der Waals surface area contributed by atoms with Gasteiger partial charge in [0.15, 0.2) is 5.75 Å². The van der Waals surface area contributed by atoms with E-state index in [4.69, 9.17) is 4.74 Å². The molecule has 1 aliphatic heterocycles. The normalized spacial score (nSPS) is 13.5. The lowest BCUT2D eigenvalue weighted by atomic mass is 10.1. The van der Waals surface area contributed by atoms with Crippen LogP contribution in [0.4, 0.5) is 11.4 Å². The summed E-state index contributed by atoms with van der Waals surface area (Å²) in [5.74, 6) is 0.808. The number of benzene rings is 2. The minimum atomic E-state index is -3.43. The number of carbonyl (C=O) groups excluding carboxylic acids is 1. The maximum atomic E-state index is 12.9. The van der Waals surface area contributed by atoms with Gasteiger partial charge in [0, 0.05) is 12.2 Å². The third-order valence-electron chi connectivity index (χ3n) is 3.89. The molecular formula is C18H20N2O4S. The molecule has 2 aromatic carbocycles. The van der Waals surface area contributed by atoms with Gasteiger partial charge < -0.3 is 9.64 Å². The van der Waals surface area contributed by atoms with Crippen molar-refractivity contribution in [2.24, 2.45) is 0 Å². The Labute approximate surface area is 147 Å². The first-order valence-corrected chi connectivity index (χ1v) is 9.83. The van der Waals surface area contributed by atoms with E-state index < -0.39 is 10.0 Å². The molecular weight excluding hydrogens is 340 g/mol. The molecule has 1 N–H and O–H groups in total.